The molecular formula is C53H10Cl10F8N4O8. The summed E-state index contributed by atoms with van der Waals surface area (Å²) in [6.07, 6.45) is -0.998. The molecule has 6 aromatic carbocycles. The SMILES string of the molecule is O=C1c2c(Cl)c(Cl)c(Cl)c(Cl)c2C(=O)C1c1ccc2c(N3C(=O)c4c(F)c(F)c(F)c(F)c4C3=O)c(Cc3cc(Cl)c4nc(C5C(=O)c6c(Cl)c(Cl)c(Cl)c(Cl)c6C5=O)ccc4c3N3C(=O)c4c(F)c(F)c(F)c(F)c4C3=O)cc(Cl)c2n1. The number of rotatable bonds is 6. The Bertz CT molecular complexity index is 4230. The Kier molecular flexibility index (Phi) is 13.4. The monoisotopic (exact) mass is 1330 g/mol. The summed E-state index contributed by atoms with van der Waals surface area (Å²) in [5.41, 5.74) is -12.9. The predicted molar refractivity (Wildman–Crippen MR) is 287 cm³/mol. The lowest BCUT2D eigenvalue weighted by molar-refractivity contribution is 0.0872. The van der Waals surface area contributed by atoms with Crippen molar-refractivity contribution < 1.29 is 73.5 Å². The van der Waals surface area contributed by atoms with Gasteiger partial charge in [0.05, 0.1) is 129 Å². The van der Waals surface area contributed by atoms with Gasteiger partial charge < -0.3 is 0 Å². The molecule has 12 rings (SSSR count). The van der Waals surface area contributed by atoms with Crippen LogP contribution in [-0.2, 0) is 6.42 Å². The van der Waals surface area contributed by atoms with Gasteiger partial charge in [0.2, 0.25) is 0 Å². The predicted octanol–water partition coefficient (Wildman–Crippen LogP) is 15.9. The van der Waals surface area contributed by atoms with Crippen LogP contribution in [0.5, 0.6) is 0 Å². The highest BCUT2D eigenvalue weighted by atomic mass is 35.5. The van der Waals surface area contributed by atoms with Crippen LogP contribution < -0.4 is 9.80 Å². The molecule has 0 fully saturated rings. The molecule has 0 radical (unpaired) electrons. The topological polar surface area (TPSA) is 169 Å². The maximum absolute atomic E-state index is 15.7. The van der Waals surface area contributed by atoms with Crippen LogP contribution in [0.4, 0.5) is 46.5 Å². The number of Topliss-reactive ketones (excluding diaryl/α,β-unsaturated/α-hetero) is 4. The minimum Gasteiger partial charge on any atom is -0.293 e. The molecule has 8 aromatic rings. The third kappa shape index (κ3) is 7.60. The molecule has 4 heterocycles. The van der Waals surface area contributed by atoms with Gasteiger partial charge in [0.15, 0.2) is 69.7 Å². The van der Waals surface area contributed by atoms with Crippen molar-refractivity contribution in [2.24, 2.45) is 0 Å². The van der Waals surface area contributed by atoms with E-state index in [-0.39, 0.29) is 9.80 Å². The summed E-state index contributed by atoms with van der Waals surface area (Å²) in [4.78, 5) is 123. The van der Waals surface area contributed by atoms with Crippen LogP contribution in [-0.4, -0.2) is 56.7 Å². The molecule has 30 heteroatoms. The highest BCUT2D eigenvalue weighted by molar-refractivity contribution is 6.57. The summed E-state index contributed by atoms with van der Waals surface area (Å²) in [5.74, 6) is -34.6. The van der Waals surface area contributed by atoms with Gasteiger partial charge in [-0.25, -0.2) is 54.9 Å². The number of hydrogen-bond donors (Lipinski definition) is 0. The largest absolute Gasteiger partial charge is 0.293 e. The van der Waals surface area contributed by atoms with Gasteiger partial charge in [-0.15, -0.1) is 0 Å². The number of fused-ring (bicyclic) bond motifs is 6. The van der Waals surface area contributed by atoms with Gasteiger partial charge >= 0.3 is 0 Å². The molecule has 0 saturated heterocycles. The fraction of sp³-hybridized carbons (Fsp3) is 0.0566. The fourth-order valence-corrected chi connectivity index (χ4v) is 13.2. The Hall–Kier alpha value is -6.56. The second-order valence-electron chi connectivity index (χ2n) is 18.4. The summed E-state index contributed by atoms with van der Waals surface area (Å²) in [6, 6.07) is 5.72. The molecular weight excluding hydrogens is 1330 g/mol. The Morgan fingerprint density at radius 1 is 0.349 bits per heavy atom. The van der Waals surface area contributed by atoms with E-state index < -0.39 is 262 Å². The molecule has 2 aliphatic heterocycles. The van der Waals surface area contributed by atoms with Gasteiger partial charge in [0.25, 0.3) is 23.6 Å². The van der Waals surface area contributed by atoms with Crippen LogP contribution in [0.1, 0.15) is 117 Å². The van der Waals surface area contributed by atoms with Crippen molar-refractivity contribution in [3.05, 3.63) is 200 Å². The normalized spacial score (nSPS) is 15.2. The number of imide groups is 2. The van der Waals surface area contributed by atoms with Crippen LogP contribution in [0, 0.1) is 46.5 Å². The molecule has 12 nitrogen and oxygen atoms in total. The Labute approximate surface area is 504 Å². The van der Waals surface area contributed by atoms with E-state index in [1.807, 2.05) is 0 Å². The standard InChI is InChI=1S/C53H10Cl10F8N4O8/c54-12-6-8(44(74-50(80)22-23(51(74)81)35(65)39(69)38(68)34(22)64)10-1-3-14(72-42(10)12)16-46(76)18-19(47(16)77)27(57)31(61)30(60)26(18)56)5-9-7-13(55)43-11(45(9)75-52(82)24-25(53(75)83)37(67)41(71)40(70)36(24)66)2-4-15(73-43)17-48(78)20-21(49(17)79)29(59)33(63)32(62)28(20)58/h1-4,6-7,16-17H,5H2. The van der Waals surface area contributed by atoms with Crippen molar-refractivity contribution in [2.45, 2.75) is 18.3 Å². The van der Waals surface area contributed by atoms with E-state index in [9.17, 15) is 55.9 Å². The van der Waals surface area contributed by atoms with Crippen molar-refractivity contribution in [1.82, 2.24) is 9.97 Å². The fourth-order valence-electron chi connectivity index (χ4n) is 10.6. The molecule has 0 atom stereocenters. The second-order valence-corrected chi connectivity index (χ2v) is 22.2. The summed E-state index contributed by atoms with van der Waals surface area (Å²) in [6.45, 7) is 0. The molecule has 4 aliphatic rings. The smallest absolute Gasteiger partial charge is 0.269 e. The van der Waals surface area contributed by atoms with E-state index in [1.165, 1.54) is 0 Å². The van der Waals surface area contributed by atoms with Crippen LogP contribution in [0.15, 0.2) is 36.4 Å². The molecule has 0 bridgehead atoms. The average Bonchev–Trinajstić information content (AvgIpc) is 2.28. The number of carbonyl (C=O) groups is 8. The summed E-state index contributed by atoms with van der Waals surface area (Å²) >= 11 is 64.1. The first kappa shape index (κ1) is 56.9. The van der Waals surface area contributed by atoms with Gasteiger partial charge in [-0.2, -0.15) is 0 Å². The van der Waals surface area contributed by atoms with E-state index in [2.05, 4.69) is 9.97 Å². The zero-order chi connectivity index (χ0) is 60.1. The van der Waals surface area contributed by atoms with Crippen molar-refractivity contribution >= 4 is 196 Å². The van der Waals surface area contributed by atoms with E-state index in [1.54, 1.807) is 0 Å². The molecule has 83 heavy (non-hydrogen) atoms. The van der Waals surface area contributed by atoms with Gasteiger partial charge in [0.1, 0.15) is 11.8 Å². The van der Waals surface area contributed by atoms with Gasteiger partial charge in [0, 0.05) is 17.2 Å². The Morgan fingerprint density at radius 2 is 0.602 bits per heavy atom. The number of pyridine rings is 2. The highest BCUT2D eigenvalue weighted by Crippen LogP contribution is 2.52. The van der Waals surface area contributed by atoms with Crippen LogP contribution >= 0.6 is 116 Å². The number of nitrogens with zero attached hydrogens (tertiary/aromatic N) is 4. The average molecular weight is 1340 g/mol. The summed E-state index contributed by atoms with van der Waals surface area (Å²) in [7, 11) is 0. The van der Waals surface area contributed by atoms with Crippen molar-refractivity contribution in [1.29, 1.82) is 0 Å². The third-order valence-corrected chi connectivity index (χ3v) is 18.4. The van der Waals surface area contributed by atoms with E-state index >= 15 is 17.6 Å². The maximum Gasteiger partial charge on any atom is 0.269 e. The number of ketones is 4. The Morgan fingerprint density at radius 3 is 0.855 bits per heavy atom. The molecule has 0 spiro atoms. The molecule has 416 valence electrons. The zero-order valence-corrected chi connectivity index (χ0v) is 46.7. The number of anilines is 2. The second kappa shape index (κ2) is 19.5. The number of amides is 4. The first-order valence-corrected chi connectivity index (χ1v) is 26.5. The van der Waals surface area contributed by atoms with Crippen molar-refractivity contribution in [3.8, 4) is 0 Å². The van der Waals surface area contributed by atoms with Crippen molar-refractivity contribution in [2.75, 3.05) is 9.80 Å². The molecule has 4 amide bonds. The van der Waals surface area contributed by atoms with Crippen molar-refractivity contribution in [3.63, 3.8) is 0 Å². The Balaban J connectivity index is 1.09. The van der Waals surface area contributed by atoms with Crippen LogP contribution in [0.2, 0.25) is 50.2 Å². The number of halogens is 18. The molecule has 2 aromatic heterocycles. The molecule has 0 N–H and O–H groups in total. The quantitative estimate of drug-likeness (QED) is 0.0513. The maximum atomic E-state index is 15.7. The van der Waals surface area contributed by atoms with Crippen LogP contribution in [0.3, 0.4) is 0 Å². The lowest BCUT2D eigenvalue weighted by atomic mass is 9.93. The van der Waals surface area contributed by atoms with Gasteiger partial charge in [-0.3, -0.25) is 38.4 Å². The summed E-state index contributed by atoms with van der Waals surface area (Å²) < 4.78 is 122. The highest BCUT2D eigenvalue weighted by Gasteiger charge is 2.51. The molecule has 2 aliphatic carbocycles. The summed E-state index contributed by atoms with van der Waals surface area (Å²) in [5, 5.41) is -5.48. The lowest BCUT2D eigenvalue weighted by Gasteiger charge is -2.25. The van der Waals surface area contributed by atoms with Crippen LogP contribution in [0.25, 0.3) is 21.8 Å². The first-order chi connectivity index (χ1) is 39.1. The van der Waals surface area contributed by atoms with E-state index in [4.69, 9.17) is 116 Å². The van der Waals surface area contributed by atoms with E-state index in [0.29, 0.717) is 0 Å². The number of hydrogen-bond acceptors (Lipinski definition) is 10. The number of carbonyl (C=O) groups excluding carboxylic acids is 8. The third-order valence-electron chi connectivity index (χ3n) is 14.2. The number of benzene rings is 6. The minimum atomic E-state index is -2.51. The molecule has 0 saturated carbocycles. The molecule has 0 unspecified atom stereocenters. The first-order valence-electron chi connectivity index (χ1n) is 22.7. The van der Waals surface area contributed by atoms with Gasteiger partial charge in [-0.05, 0) is 47.5 Å². The van der Waals surface area contributed by atoms with Gasteiger partial charge in [-0.1, -0.05) is 116 Å². The number of aromatic nitrogens is 2. The lowest BCUT2D eigenvalue weighted by Crippen LogP contribution is -2.32. The van der Waals surface area contributed by atoms with E-state index in [0.717, 1.165) is 36.4 Å². The minimum absolute atomic E-state index is 0.0251. The zero-order valence-electron chi connectivity index (χ0n) is 39.2.